The molecule has 8 nitrogen and oxygen atoms in total. The van der Waals surface area contributed by atoms with Crippen molar-refractivity contribution in [2.45, 2.75) is 44.8 Å². The summed E-state index contributed by atoms with van der Waals surface area (Å²) in [4.78, 5) is 32.8. The molecule has 0 saturated carbocycles. The van der Waals surface area contributed by atoms with Crippen LogP contribution in [0, 0.1) is 5.92 Å². The van der Waals surface area contributed by atoms with Gasteiger partial charge in [-0.25, -0.2) is 9.59 Å². The van der Waals surface area contributed by atoms with Gasteiger partial charge in [-0.05, 0) is 18.9 Å². The van der Waals surface area contributed by atoms with Crippen molar-refractivity contribution in [2.75, 3.05) is 13.7 Å². The van der Waals surface area contributed by atoms with Gasteiger partial charge < -0.3 is 24.1 Å². The Morgan fingerprint density at radius 3 is 2.83 bits per heavy atom. The number of ether oxygens (including phenoxy) is 4. The van der Waals surface area contributed by atoms with Crippen LogP contribution in [-0.2, 0) is 28.5 Å². The number of allylic oxidation sites excluding steroid dienone is 1. The monoisotopic (exact) mass is 330 g/mol. The van der Waals surface area contributed by atoms with Crippen LogP contribution in [0.25, 0.3) is 0 Å². The Morgan fingerprint density at radius 1 is 1.52 bits per heavy atom. The number of hydrogen-bond donors (Lipinski definition) is 1. The number of rotatable bonds is 9. The standard InChI is InChI=1S/C15H22O8/c1-3-4-10-5-6-12(14(17)20-2)23-13(10)11(22-9-16)7-8-21-15(18)19/h6,9-11,13H,3-5,7-8H2,1-2H3,(H,18,19)/t10-,11?,13?/m1/s1. The van der Waals surface area contributed by atoms with E-state index in [0.29, 0.717) is 6.42 Å². The second kappa shape index (κ2) is 9.70. The van der Waals surface area contributed by atoms with Crippen LogP contribution in [0.5, 0.6) is 0 Å². The van der Waals surface area contributed by atoms with Crippen LogP contribution < -0.4 is 0 Å². The third-order valence-corrected chi connectivity index (χ3v) is 3.60. The fourth-order valence-corrected chi connectivity index (χ4v) is 2.59. The summed E-state index contributed by atoms with van der Waals surface area (Å²) < 4.78 is 19.8. The number of hydrogen-bond acceptors (Lipinski definition) is 7. The van der Waals surface area contributed by atoms with E-state index < -0.39 is 24.3 Å². The molecule has 0 fully saturated rings. The average molecular weight is 330 g/mol. The van der Waals surface area contributed by atoms with E-state index in [1.54, 1.807) is 6.08 Å². The Bertz CT molecular complexity index is 445. The zero-order valence-electron chi connectivity index (χ0n) is 13.2. The molecule has 1 aliphatic rings. The number of methoxy groups -OCH3 is 1. The van der Waals surface area contributed by atoms with Gasteiger partial charge in [-0.2, -0.15) is 0 Å². The van der Waals surface area contributed by atoms with Gasteiger partial charge in [-0.1, -0.05) is 13.3 Å². The Kier molecular flexibility index (Phi) is 7.93. The second-order valence-electron chi connectivity index (χ2n) is 5.10. The Balaban J connectivity index is 2.84. The maximum absolute atomic E-state index is 11.6. The lowest BCUT2D eigenvalue weighted by Gasteiger charge is -2.35. The minimum Gasteiger partial charge on any atom is -0.479 e. The van der Waals surface area contributed by atoms with Crippen molar-refractivity contribution in [3.05, 3.63) is 11.8 Å². The first kappa shape index (κ1) is 18.8. The van der Waals surface area contributed by atoms with E-state index in [0.717, 1.165) is 12.8 Å². The van der Waals surface area contributed by atoms with Gasteiger partial charge in [0.25, 0.3) is 6.47 Å². The lowest BCUT2D eigenvalue weighted by molar-refractivity contribution is -0.152. The Labute approximate surface area is 134 Å². The molecule has 0 aromatic heterocycles. The molecule has 0 radical (unpaired) electrons. The lowest BCUT2D eigenvalue weighted by atomic mass is 9.87. The van der Waals surface area contributed by atoms with Crippen LogP contribution in [0.2, 0.25) is 0 Å². The van der Waals surface area contributed by atoms with Crippen LogP contribution in [0.3, 0.4) is 0 Å². The van der Waals surface area contributed by atoms with Gasteiger partial charge in [-0.15, -0.1) is 0 Å². The molecule has 3 atom stereocenters. The molecule has 8 heteroatoms. The molecule has 1 heterocycles. The van der Waals surface area contributed by atoms with Crippen LogP contribution in [0.1, 0.15) is 32.6 Å². The minimum absolute atomic E-state index is 0.0446. The normalized spacial score (nSPS) is 21.4. The van der Waals surface area contributed by atoms with Crippen molar-refractivity contribution in [3.8, 4) is 0 Å². The van der Waals surface area contributed by atoms with E-state index in [1.165, 1.54) is 7.11 Å². The summed E-state index contributed by atoms with van der Waals surface area (Å²) in [6, 6.07) is 0. The maximum atomic E-state index is 11.6. The summed E-state index contributed by atoms with van der Waals surface area (Å²) in [7, 11) is 1.25. The average Bonchev–Trinajstić information content (AvgIpc) is 2.53. The molecular formula is C15H22O8. The lowest BCUT2D eigenvalue weighted by Crippen LogP contribution is -2.41. The maximum Gasteiger partial charge on any atom is 0.505 e. The Hall–Kier alpha value is -2.25. The van der Waals surface area contributed by atoms with Gasteiger partial charge in [0.05, 0.1) is 13.7 Å². The highest BCUT2D eigenvalue weighted by molar-refractivity contribution is 5.86. The molecule has 0 saturated heterocycles. The van der Waals surface area contributed by atoms with Gasteiger partial charge in [0.1, 0.15) is 12.2 Å². The van der Waals surface area contributed by atoms with Gasteiger partial charge >= 0.3 is 12.1 Å². The molecule has 1 aliphatic heterocycles. The number of carbonyl (C=O) groups is 3. The summed E-state index contributed by atoms with van der Waals surface area (Å²) in [6.45, 7) is 2.16. The first-order chi connectivity index (χ1) is 11.0. The van der Waals surface area contributed by atoms with Crippen molar-refractivity contribution in [3.63, 3.8) is 0 Å². The smallest absolute Gasteiger partial charge is 0.479 e. The van der Waals surface area contributed by atoms with Gasteiger partial charge in [0, 0.05) is 12.3 Å². The molecule has 1 N–H and O–H groups in total. The SMILES string of the molecule is CCC[C@@H]1CC=C(C(=O)OC)OC1C(CCOC(=O)O)OC=O. The predicted molar refractivity (Wildman–Crippen MR) is 77.5 cm³/mol. The highest BCUT2D eigenvalue weighted by Crippen LogP contribution is 2.31. The number of esters is 1. The molecule has 0 bridgehead atoms. The second-order valence-corrected chi connectivity index (χ2v) is 5.10. The zero-order valence-corrected chi connectivity index (χ0v) is 13.2. The molecule has 130 valence electrons. The summed E-state index contributed by atoms with van der Waals surface area (Å²) in [5.41, 5.74) is 0. The fraction of sp³-hybridized carbons (Fsp3) is 0.667. The van der Waals surface area contributed by atoms with Crippen LogP contribution in [-0.4, -0.2) is 49.6 Å². The van der Waals surface area contributed by atoms with Crippen molar-refractivity contribution >= 4 is 18.6 Å². The van der Waals surface area contributed by atoms with Crippen molar-refractivity contribution in [2.24, 2.45) is 5.92 Å². The summed E-state index contributed by atoms with van der Waals surface area (Å²) in [6.07, 6.45) is 1.42. The molecule has 0 aromatic rings. The van der Waals surface area contributed by atoms with Crippen molar-refractivity contribution in [1.82, 2.24) is 0 Å². The van der Waals surface area contributed by atoms with E-state index >= 15 is 0 Å². The van der Waals surface area contributed by atoms with E-state index in [4.69, 9.17) is 14.6 Å². The minimum atomic E-state index is -1.40. The fourth-order valence-electron chi connectivity index (χ4n) is 2.59. The molecule has 1 rings (SSSR count). The molecule has 2 unspecified atom stereocenters. The number of carboxylic acid groups (broad SMARTS) is 1. The Morgan fingerprint density at radius 2 is 2.26 bits per heavy atom. The molecule has 0 spiro atoms. The van der Waals surface area contributed by atoms with Gasteiger partial charge in [0.2, 0.25) is 5.76 Å². The summed E-state index contributed by atoms with van der Waals surface area (Å²) in [5.74, 6) is -0.483. The predicted octanol–water partition coefficient (Wildman–Crippen LogP) is 1.87. The van der Waals surface area contributed by atoms with Crippen molar-refractivity contribution < 1.29 is 38.4 Å². The molecule has 0 aliphatic carbocycles. The molecule has 23 heavy (non-hydrogen) atoms. The number of carbonyl (C=O) groups excluding carboxylic acids is 2. The topological polar surface area (TPSA) is 108 Å². The van der Waals surface area contributed by atoms with E-state index in [-0.39, 0.29) is 31.2 Å². The highest BCUT2D eigenvalue weighted by Gasteiger charge is 2.37. The quantitative estimate of drug-likeness (QED) is 0.388. The van der Waals surface area contributed by atoms with Crippen LogP contribution in [0.15, 0.2) is 11.8 Å². The van der Waals surface area contributed by atoms with Crippen molar-refractivity contribution in [1.29, 1.82) is 0 Å². The van der Waals surface area contributed by atoms with Gasteiger partial charge in [-0.3, -0.25) is 4.79 Å². The van der Waals surface area contributed by atoms with Crippen LogP contribution >= 0.6 is 0 Å². The highest BCUT2D eigenvalue weighted by atomic mass is 16.7. The largest absolute Gasteiger partial charge is 0.505 e. The molecular weight excluding hydrogens is 308 g/mol. The first-order valence-corrected chi connectivity index (χ1v) is 7.43. The van der Waals surface area contributed by atoms with Gasteiger partial charge in [0.15, 0.2) is 0 Å². The van der Waals surface area contributed by atoms with E-state index in [2.05, 4.69) is 9.47 Å². The van der Waals surface area contributed by atoms with E-state index in [1.807, 2.05) is 6.92 Å². The first-order valence-electron chi connectivity index (χ1n) is 7.43. The molecule has 0 aromatic carbocycles. The third kappa shape index (κ3) is 5.80. The summed E-state index contributed by atoms with van der Waals surface area (Å²) in [5, 5.41) is 8.52. The van der Waals surface area contributed by atoms with E-state index in [9.17, 15) is 14.4 Å². The molecule has 0 amide bonds. The summed E-state index contributed by atoms with van der Waals surface area (Å²) >= 11 is 0. The van der Waals surface area contributed by atoms with Crippen LogP contribution in [0.4, 0.5) is 4.79 Å². The zero-order chi connectivity index (χ0) is 17.2. The third-order valence-electron chi connectivity index (χ3n) is 3.60.